The van der Waals surface area contributed by atoms with E-state index in [4.69, 9.17) is 9.47 Å². The molecule has 0 aromatic heterocycles. The van der Waals surface area contributed by atoms with Gasteiger partial charge < -0.3 is 9.47 Å². The molecule has 0 radical (unpaired) electrons. The zero-order chi connectivity index (χ0) is 18.2. The van der Waals surface area contributed by atoms with E-state index in [1.807, 2.05) is 6.92 Å². The molecule has 6 atom stereocenters. The summed E-state index contributed by atoms with van der Waals surface area (Å²) in [4.78, 5) is 12.3. The van der Waals surface area contributed by atoms with Crippen molar-refractivity contribution in [3.8, 4) is 0 Å². The molecule has 0 unspecified atom stereocenters. The van der Waals surface area contributed by atoms with E-state index in [9.17, 15) is 4.79 Å². The van der Waals surface area contributed by atoms with E-state index in [0.717, 1.165) is 50.2 Å². The molecule has 1 spiro atoms. The van der Waals surface area contributed by atoms with E-state index < -0.39 is 0 Å². The van der Waals surface area contributed by atoms with E-state index in [0.29, 0.717) is 17.1 Å². The summed E-state index contributed by atoms with van der Waals surface area (Å²) in [6, 6.07) is 0. The maximum atomic E-state index is 12.3. The molecule has 26 heavy (non-hydrogen) atoms. The van der Waals surface area contributed by atoms with Crippen LogP contribution in [0, 0.1) is 34.5 Å². The Labute approximate surface area is 157 Å². The van der Waals surface area contributed by atoms with Crippen molar-refractivity contribution in [2.45, 2.75) is 77.9 Å². The Bertz CT molecular complexity index is 646. The molecule has 5 aliphatic rings. The van der Waals surface area contributed by atoms with Crippen molar-refractivity contribution in [1.82, 2.24) is 0 Å². The van der Waals surface area contributed by atoms with E-state index in [-0.39, 0.29) is 11.2 Å². The van der Waals surface area contributed by atoms with Crippen LogP contribution in [0.2, 0.25) is 0 Å². The van der Waals surface area contributed by atoms with Gasteiger partial charge in [-0.3, -0.25) is 4.79 Å². The normalized spacial score (nSPS) is 49.3. The van der Waals surface area contributed by atoms with Gasteiger partial charge in [-0.15, -0.1) is 0 Å². The molecule has 0 N–H and O–H groups in total. The molecule has 0 aromatic rings. The molecule has 0 aromatic carbocycles. The Morgan fingerprint density at radius 3 is 2.54 bits per heavy atom. The van der Waals surface area contributed by atoms with Crippen LogP contribution in [0.1, 0.15) is 72.1 Å². The Morgan fingerprint density at radius 1 is 1.04 bits per heavy atom. The first kappa shape index (κ1) is 17.4. The number of ether oxygens (including phenoxy) is 2. The van der Waals surface area contributed by atoms with Gasteiger partial charge in [-0.05, 0) is 74.0 Å². The van der Waals surface area contributed by atoms with Gasteiger partial charge in [0.05, 0.1) is 13.2 Å². The highest BCUT2D eigenvalue weighted by molar-refractivity contribution is 5.79. The minimum absolute atomic E-state index is 0.252. The van der Waals surface area contributed by atoms with Crippen molar-refractivity contribution in [3.05, 3.63) is 11.6 Å². The number of ketones is 1. The number of hydrogen-bond donors (Lipinski definition) is 0. The predicted octanol–water partition coefficient (Wildman–Crippen LogP) is 4.90. The van der Waals surface area contributed by atoms with E-state index in [1.165, 1.54) is 32.1 Å². The van der Waals surface area contributed by atoms with Crippen LogP contribution in [-0.4, -0.2) is 24.8 Å². The summed E-state index contributed by atoms with van der Waals surface area (Å²) in [7, 11) is 0. The van der Waals surface area contributed by atoms with Crippen LogP contribution in [0.25, 0.3) is 0 Å². The Morgan fingerprint density at radius 2 is 1.81 bits per heavy atom. The lowest BCUT2D eigenvalue weighted by molar-refractivity contribution is -0.185. The monoisotopic (exact) mass is 358 g/mol. The van der Waals surface area contributed by atoms with Gasteiger partial charge in [0.15, 0.2) is 5.79 Å². The zero-order valence-corrected chi connectivity index (χ0v) is 16.7. The van der Waals surface area contributed by atoms with Gasteiger partial charge in [-0.2, -0.15) is 0 Å². The summed E-state index contributed by atoms with van der Waals surface area (Å²) in [5, 5.41) is 0. The second-order valence-electron chi connectivity index (χ2n) is 10.3. The molecule has 0 bridgehead atoms. The van der Waals surface area contributed by atoms with E-state index in [1.54, 1.807) is 5.57 Å². The number of carbonyl (C=O) groups excluding carboxylic acids is 1. The molecular weight excluding hydrogens is 324 g/mol. The number of fused-ring (bicyclic) bond motifs is 5. The molecule has 3 heteroatoms. The van der Waals surface area contributed by atoms with Crippen LogP contribution in [0.4, 0.5) is 0 Å². The largest absolute Gasteiger partial charge is 0.347 e. The van der Waals surface area contributed by atoms with E-state index >= 15 is 0 Å². The van der Waals surface area contributed by atoms with Gasteiger partial charge in [0, 0.05) is 18.8 Å². The van der Waals surface area contributed by atoms with E-state index in [2.05, 4.69) is 19.9 Å². The van der Waals surface area contributed by atoms with Crippen molar-refractivity contribution >= 4 is 5.78 Å². The lowest BCUT2D eigenvalue weighted by atomic mass is 9.47. The minimum Gasteiger partial charge on any atom is -0.347 e. The third-order valence-electron chi connectivity index (χ3n) is 9.41. The molecule has 1 saturated heterocycles. The third kappa shape index (κ3) is 2.22. The molecule has 1 heterocycles. The zero-order valence-electron chi connectivity index (χ0n) is 16.7. The summed E-state index contributed by atoms with van der Waals surface area (Å²) in [5.41, 5.74) is 2.18. The average Bonchev–Trinajstić information content (AvgIpc) is 3.20. The quantitative estimate of drug-likeness (QED) is 0.626. The molecule has 3 nitrogen and oxygen atoms in total. The molecular formula is C23H34O3. The number of hydrogen-bond acceptors (Lipinski definition) is 3. The predicted molar refractivity (Wildman–Crippen MR) is 101 cm³/mol. The van der Waals surface area contributed by atoms with Crippen LogP contribution in [0.3, 0.4) is 0 Å². The maximum absolute atomic E-state index is 12.3. The number of Topliss-reactive ketones (excluding diaryl/α,β-unsaturated/α-hetero) is 1. The second-order valence-corrected chi connectivity index (χ2v) is 10.3. The SMILES string of the molecule is CC(=O)[C@@H]1CC[C@@H]2[C@H]3CC=C4CC5(CC[C@]4(C)[C@@H]3CC[C@@]21C)OCCO5. The maximum Gasteiger partial charge on any atom is 0.172 e. The smallest absolute Gasteiger partial charge is 0.172 e. The Kier molecular flexibility index (Phi) is 3.80. The standard InChI is InChI=1S/C23H34O3/c1-15(24)18-6-7-19-17-5-4-16-14-23(25-12-13-26-23)11-10-21(16,2)20(17)8-9-22(18,19)3/h4,17-20H,5-14H2,1-3H3/t17-,18+,19-,20-,21+,22-/m1/s1. The first-order valence-electron chi connectivity index (χ1n) is 10.9. The van der Waals surface area contributed by atoms with Crippen LogP contribution < -0.4 is 0 Å². The Hall–Kier alpha value is -0.670. The Balaban J connectivity index is 1.44. The molecule has 4 aliphatic carbocycles. The number of carbonyl (C=O) groups is 1. The van der Waals surface area contributed by atoms with Gasteiger partial charge in [-0.25, -0.2) is 0 Å². The van der Waals surface area contributed by atoms with Crippen molar-refractivity contribution in [2.75, 3.05) is 13.2 Å². The van der Waals surface area contributed by atoms with Crippen molar-refractivity contribution in [1.29, 1.82) is 0 Å². The van der Waals surface area contributed by atoms with Crippen LogP contribution in [0.5, 0.6) is 0 Å². The number of rotatable bonds is 1. The highest BCUT2D eigenvalue weighted by Gasteiger charge is 2.60. The van der Waals surface area contributed by atoms with Crippen molar-refractivity contribution < 1.29 is 14.3 Å². The second kappa shape index (κ2) is 5.67. The van der Waals surface area contributed by atoms with Gasteiger partial charge in [-0.1, -0.05) is 25.5 Å². The highest BCUT2D eigenvalue weighted by Crippen LogP contribution is 2.67. The first-order valence-corrected chi connectivity index (χ1v) is 10.9. The van der Waals surface area contributed by atoms with Gasteiger partial charge in [0.2, 0.25) is 0 Å². The summed E-state index contributed by atoms with van der Waals surface area (Å²) in [5.74, 6) is 2.72. The molecule has 144 valence electrons. The van der Waals surface area contributed by atoms with Crippen molar-refractivity contribution in [3.63, 3.8) is 0 Å². The summed E-state index contributed by atoms with van der Waals surface area (Å²) >= 11 is 0. The highest BCUT2D eigenvalue weighted by atomic mass is 16.7. The van der Waals surface area contributed by atoms with Crippen LogP contribution in [0.15, 0.2) is 11.6 Å². The fourth-order valence-electron chi connectivity index (χ4n) is 8.02. The average molecular weight is 359 g/mol. The fraction of sp³-hybridized carbons (Fsp3) is 0.870. The minimum atomic E-state index is -0.311. The lowest BCUT2D eigenvalue weighted by Crippen LogP contribution is -2.52. The number of allylic oxidation sites excluding steroid dienone is 1. The van der Waals surface area contributed by atoms with Gasteiger partial charge in [0.25, 0.3) is 0 Å². The molecule has 3 saturated carbocycles. The van der Waals surface area contributed by atoms with Gasteiger partial charge in [0.1, 0.15) is 5.78 Å². The molecule has 1 aliphatic heterocycles. The summed E-state index contributed by atoms with van der Waals surface area (Å²) in [6.07, 6.45) is 11.9. The fourth-order valence-corrected chi connectivity index (χ4v) is 8.02. The third-order valence-corrected chi connectivity index (χ3v) is 9.41. The molecule has 0 amide bonds. The lowest BCUT2D eigenvalue weighted by Gasteiger charge is -2.58. The summed E-state index contributed by atoms with van der Waals surface area (Å²) < 4.78 is 12.1. The van der Waals surface area contributed by atoms with Crippen molar-refractivity contribution in [2.24, 2.45) is 34.5 Å². The summed E-state index contributed by atoms with van der Waals surface area (Å²) in [6.45, 7) is 8.29. The van der Waals surface area contributed by atoms with Crippen LogP contribution in [-0.2, 0) is 14.3 Å². The van der Waals surface area contributed by atoms with Crippen LogP contribution >= 0.6 is 0 Å². The van der Waals surface area contributed by atoms with Gasteiger partial charge >= 0.3 is 0 Å². The topological polar surface area (TPSA) is 35.5 Å². The molecule has 4 fully saturated rings. The molecule has 5 rings (SSSR count). The first-order chi connectivity index (χ1) is 12.4.